The lowest BCUT2D eigenvalue weighted by Gasteiger charge is -2.07. The lowest BCUT2D eigenvalue weighted by Crippen LogP contribution is -2.14. The quantitative estimate of drug-likeness (QED) is 0.629. The van der Waals surface area contributed by atoms with Crippen LogP contribution >= 0.6 is 34.4 Å². The van der Waals surface area contributed by atoms with Gasteiger partial charge in [0.15, 0.2) is 0 Å². The van der Waals surface area contributed by atoms with Crippen molar-refractivity contribution in [2.75, 3.05) is 11.1 Å². The number of hydrogen-bond donors (Lipinski definition) is 1. The molecule has 0 atom stereocenters. The summed E-state index contributed by atoms with van der Waals surface area (Å²) in [5.41, 5.74) is 2.10. The summed E-state index contributed by atoms with van der Waals surface area (Å²) in [5.74, 6) is 0.448. The Morgan fingerprint density at radius 3 is 2.53 bits per heavy atom. The highest BCUT2D eigenvalue weighted by molar-refractivity contribution is 14.1. The van der Waals surface area contributed by atoms with Crippen LogP contribution in [0.2, 0.25) is 0 Å². The fraction of sp³-hybridized carbons (Fsp3) is 0.133. The molecule has 1 amide bonds. The first-order chi connectivity index (χ1) is 9.15. The molecule has 0 heterocycles. The van der Waals surface area contributed by atoms with Gasteiger partial charge in [0.05, 0.1) is 11.4 Å². The topological polar surface area (TPSA) is 29.1 Å². The van der Waals surface area contributed by atoms with Gasteiger partial charge in [-0.25, -0.2) is 0 Å². The van der Waals surface area contributed by atoms with Crippen molar-refractivity contribution in [3.8, 4) is 0 Å². The third-order valence-corrected chi connectivity index (χ3v) is 4.49. The zero-order valence-electron chi connectivity index (χ0n) is 10.5. The van der Waals surface area contributed by atoms with E-state index in [1.54, 1.807) is 11.8 Å². The van der Waals surface area contributed by atoms with E-state index in [0.717, 1.165) is 14.2 Å². The zero-order valence-corrected chi connectivity index (χ0v) is 13.5. The zero-order chi connectivity index (χ0) is 13.7. The molecule has 2 nitrogen and oxygen atoms in total. The minimum atomic E-state index is 0.0229. The number of benzene rings is 2. The van der Waals surface area contributed by atoms with Crippen LogP contribution in [0.15, 0.2) is 53.4 Å². The average molecular weight is 383 g/mol. The molecule has 0 aromatic heterocycles. The van der Waals surface area contributed by atoms with Gasteiger partial charge < -0.3 is 5.32 Å². The van der Waals surface area contributed by atoms with E-state index in [1.165, 1.54) is 5.56 Å². The maximum absolute atomic E-state index is 11.9. The van der Waals surface area contributed by atoms with Crippen molar-refractivity contribution >= 4 is 45.9 Å². The van der Waals surface area contributed by atoms with E-state index in [4.69, 9.17) is 0 Å². The Morgan fingerprint density at radius 1 is 1.16 bits per heavy atom. The number of hydrogen-bond acceptors (Lipinski definition) is 2. The smallest absolute Gasteiger partial charge is 0.234 e. The van der Waals surface area contributed by atoms with Crippen LogP contribution in [0.5, 0.6) is 0 Å². The van der Waals surface area contributed by atoms with E-state index in [0.29, 0.717) is 5.75 Å². The maximum Gasteiger partial charge on any atom is 0.234 e. The Labute approximate surface area is 131 Å². The van der Waals surface area contributed by atoms with Crippen molar-refractivity contribution < 1.29 is 4.79 Å². The van der Waals surface area contributed by atoms with Crippen LogP contribution in [0, 0.1) is 10.5 Å². The van der Waals surface area contributed by atoms with Gasteiger partial charge in [0, 0.05) is 8.47 Å². The molecule has 0 aliphatic rings. The molecule has 0 aliphatic heterocycles. The molecule has 0 spiro atoms. The van der Waals surface area contributed by atoms with Gasteiger partial charge in [-0.05, 0) is 53.8 Å². The maximum atomic E-state index is 11.9. The molecule has 2 aromatic rings. The normalized spacial score (nSPS) is 10.2. The summed E-state index contributed by atoms with van der Waals surface area (Å²) in [6.07, 6.45) is 0. The Kier molecular flexibility index (Phi) is 5.27. The largest absolute Gasteiger partial charge is 0.324 e. The van der Waals surface area contributed by atoms with Gasteiger partial charge in [-0.1, -0.05) is 29.8 Å². The minimum absolute atomic E-state index is 0.0229. The first kappa shape index (κ1) is 14.4. The molecule has 0 aliphatic carbocycles. The fourth-order valence-corrected chi connectivity index (χ4v) is 2.75. The molecule has 0 radical (unpaired) electrons. The van der Waals surface area contributed by atoms with E-state index in [1.807, 2.05) is 36.4 Å². The molecule has 0 saturated heterocycles. The van der Waals surface area contributed by atoms with Crippen molar-refractivity contribution in [3.63, 3.8) is 0 Å². The second kappa shape index (κ2) is 6.96. The molecule has 2 rings (SSSR count). The highest BCUT2D eigenvalue weighted by Crippen LogP contribution is 2.20. The number of nitrogens with one attached hydrogen (secondary N) is 1. The first-order valence-corrected chi connectivity index (χ1v) is 7.95. The van der Waals surface area contributed by atoms with Crippen molar-refractivity contribution in [1.82, 2.24) is 0 Å². The molecule has 0 unspecified atom stereocenters. The van der Waals surface area contributed by atoms with Gasteiger partial charge in [-0.15, -0.1) is 11.8 Å². The number of halogens is 1. The highest BCUT2D eigenvalue weighted by Gasteiger charge is 2.05. The SMILES string of the molecule is Cc1ccc(SCC(=O)Nc2ccccc2I)cc1. The number of thioether (sulfide) groups is 1. The number of anilines is 1. The summed E-state index contributed by atoms with van der Waals surface area (Å²) in [6.45, 7) is 2.05. The predicted molar refractivity (Wildman–Crippen MR) is 89.7 cm³/mol. The first-order valence-electron chi connectivity index (χ1n) is 5.89. The van der Waals surface area contributed by atoms with Gasteiger partial charge >= 0.3 is 0 Å². The number of amides is 1. The molecule has 4 heteroatoms. The molecule has 0 bridgehead atoms. The van der Waals surface area contributed by atoms with Crippen molar-refractivity contribution in [3.05, 3.63) is 57.7 Å². The van der Waals surface area contributed by atoms with E-state index >= 15 is 0 Å². The van der Waals surface area contributed by atoms with Crippen LogP contribution in [0.25, 0.3) is 0 Å². The monoisotopic (exact) mass is 383 g/mol. The van der Waals surface area contributed by atoms with Gasteiger partial charge in [-0.3, -0.25) is 4.79 Å². The lowest BCUT2D eigenvalue weighted by molar-refractivity contribution is -0.113. The second-order valence-corrected chi connectivity index (χ2v) is 6.34. The minimum Gasteiger partial charge on any atom is -0.324 e. The van der Waals surface area contributed by atoms with Crippen LogP contribution < -0.4 is 5.32 Å². The Hall–Kier alpha value is -1.01. The standard InChI is InChI=1S/C15H14INOS/c1-11-6-8-12(9-7-11)19-10-15(18)17-14-5-3-2-4-13(14)16/h2-9H,10H2,1H3,(H,17,18). The fourth-order valence-electron chi connectivity index (χ4n) is 1.53. The number of carbonyl (C=O) groups excluding carboxylic acids is 1. The van der Waals surface area contributed by atoms with Crippen LogP contribution in [-0.2, 0) is 4.79 Å². The van der Waals surface area contributed by atoms with Crippen LogP contribution in [0.3, 0.4) is 0 Å². The van der Waals surface area contributed by atoms with Gasteiger partial charge in [0.2, 0.25) is 5.91 Å². The third-order valence-electron chi connectivity index (χ3n) is 2.54. The molecular weight excluding hydrogens is 369 g/mol. The predicted octanol–water partition coefficient (Wildman–Crippen LogP) is 4.33. The average Bonchev–Trinajstić information content (AvgIpc) is 2.41. The molecular formula is C15H14INOS. The van der Waals surface area contributed by atoms with Crippen molar-refractivity contribution in [2.24, 2.45) is 0 Å². The second-order valence-electron chi connectivity index (χ2n) is 4.13. The van der Waals surface area contributed by atoms with Gasteiger partial charge in [0.1, 0.15) is 0 Å². The summed E-state index contributed by atoms with van der Waals surface area (Å²) in [6, 6.07) is 16.0. The van der Waals surface area contributed by atoms with E-state index in [-0.39, 0.29) is 5.91 Å². The number of para-hydroxylation sites is 1. The molecule has 98 valence electrons. The molecule has 0 saturated carbocycles. The van der Waals surface area contributed by atoms with E-state index in [9.17, 15) is 4.79 Å². The lowest BCUT2D eigenvalue weighted by atomic mass is 10.2. The summed E-state index contributed by atoms with van der Waals surface area (Å²) in [7, 11) is 0. The highest BCUT2D eigenvalue weighted by atomic mass is 127. The van der Waals surface area contributed by atoms with Crippen molar-refractivity contribution in [2.45, 2.75) is 11.8 Å². The summed E-state index contributed by atoms with van der Waals surface area (Å²) in [4.78, 5) is 13.0. The van der Waals surface area contributed by atoms with Crippen LogP contribution in [0.4, 0.5) is 5.69 Å². The number of rotatable bonds is 4. The van der Waals surface area contributed by atoms with Crippen LogP contribution in [0.1, 0.15) is 5.56 Å². The Bertz CT molecular complexity index is 569. The molecule has 19 heavy (non-hydrogen) atoms. The summed E-state index contributed by atoms with van der Waals surface area (Å²) < 4.78 is 1.05. The molecule has 1 N–H and O–H groups in total. The Morgan fingerprint density at radius 2 is 1.84 bits per heavy atom. The van der Waals surface area contributed by atoms with Crippen LogP contribution in [-0.4, -0.2) is 11.7 Å². The summed E-state index contributed by atoms with van der Waals surface area (Å²) in [5, 5.41) is 2.92. The van der Waals surface area contributed by atoms with Crippen molar-refractivity contribution in [1.29, 1.82) is 0 Å². The molecule has 2 aromatic carbocycles. The van der Waals surface area contributed by atoms with E-state index < -0.39 is 0 Å². The molecule has 0 fully saturated rings. The van der Waals surface area contributed by atoms with Gasteiger partial charge in [-0.2, -0.15) is 0 Å². The van der Waals surface area contributed by atoms with E-state index in [2.05, 4.69) is 47.0 Å². The van der Waals surface area contributed by atoms with Gasteiger partial charge in [0.25, 0.3) is 0 Å². The number of carbonyl (C=O) groups is 1. The Balaban J connectivity index is 1.88. The number of aryl methyl sites for hydroxylation is 1. The summed E-state index contributed by atoms with van der Waals surface area (Å²) >= 11 is 3.76. The third kappa shape index (κ3) is 4.54.